The zero-order valence-corrected chi connectivity index (χ0v) is 16.8. The van der Waals surface area contributed by atoms with Crippen molar-refractivity contribution in [3.05, 3.63) is 36.2 Å². The number of rotatable bonds is 4. The Morgan fingerprint density at radius 3 is 2.82 bits per heavy atom. The van der Waals surface area contributed by atoms with Crippen molar-refractivity contribution in [1.82, 2.24) is 20.2 Å². The minimum absolute atomic E-state index is 0.0387. The molecule has 1 aliphatic heterocycles. The third-order valence-corrected chi connectivity index (χ3v) is 5.80. The van der Waals surface area contributed by atoms with Gasteiger partial charge in [0.25, 0.3) is 0 Å². The number of H-pyrrole nitrogens is 1. The summed E-state index contributed by atoms with van der Waals surface area (Å²) in [4.78, 5) is 11.8. The number of anilines is 1. The lowest BCUT2D eigenvalue weighted by Gasteiger charge is -2.36. The zero-order valence-electron chi connectivity index (χ0n) is 16.8. The molecule has 3 aromatic heterocycles. The fourth-order valence-electron chi connectivity index (χ4n) is 3.67. The lowest BCUT2D eigenvalue weighted by atomic mass is 9.83. The van der Waals surface area contributed by atoms with Crippen molar-refractivity contribution in [1.29, 1.82) is 0 Å². The highest BCUT2D eigenvalue weighted by Gasteiger charge is 2.32. The minimum atomic E-state index is -1.00. The number of aromatic amines is 1. The molecular weight excluding hydrogens is 354 g/mol. The lowest BCUT2D eigenvalue weighted by molar-refractivity contribution is 0.0104. The second-order valence-corrected chi connectivity index (χ2v) is 7.97. The summed E-state index contributed by atoms with van der Waals surface area (Å²) in [6, 6.07) is 6.05. The summed E-state index contributed by atoms with van der Waals surface area (Å²) < 4.78 is 5.59. The smallest absolute Gasteiger partial charge is 0.130 e. The molecule has 0 aliphatic carbocycles. The van der Waals surface area contributed by atoms with Gasteiger partial charge in [0.2, 0.25) is 0 Å². The number of morpholine rings is 1. The van der Waals surface area contributed by atoms with Crippen LogP contribution in [0, 0.1) is 5.92 Å². The van der Waals surface area contributed by atoms with Gasteiger partial charge in [-0.05, 0) is 43.5 Å². The second-order valence-electron chi connectivity index (χ2n) is 7.97. The summed E-state index contributed by atoms with van der Waals surface area (Å²) in [7, 11) is 0. The van der Waals surface area contributed by atoms with Gasteiger partial charge in [-0.15, -0.1) is 0 Å². The average molecular weight is 381 g/mol. The quantitative estimate of drug-likeness (QED) is 0.722. The molecule has 0 spiro atoms. The Morgan fingerprint density at radius 2 is 2.14 bits per heavy atom. The van der Waals surface area contributed by atoms with Crippen LogP contribution in [0.1, 0.15) is 33.3 Å². The van der Waals surface area contributed by atoms with Crippen LogP contribution in [0.15, 0.2) is 30.6 Å². The maximum atomic E-state index is 11.4. The van der Waals surface area contributed by atoms with Gasteiger partial charge in [-0.1, -0.05) is 13.8 Å². The zero-order chi connectivity index (χ0) is 19.9. The highest BCUT2D eigenvalue weighted by molar-refractivity contribution is 5.94. The van der Waals surface area contributed by atoms with Crippen LogP contribution < -0.4 is 4.90 Å². The van der Waals surface area contributed by atoms with Crippen LogP contribution in [-0.2, 0) is 10.3 Å². The molecular formula is C21H27N5O2. The molecule has 0 radical (unpaired) electrons. The minimum Gasteiger partial charge on any atom is -0.385 e. The fraction of sp³-hybridized carbons (Fsp3) is 0.476. The SMILES string of the molecule is CC(C)C(C)(O)c1cc(N2CCOC[C@H]2C)nc2c(-c3ccn[nH]3)nccc12. The molecule has 2 N–H and O–H groups in total. The van der Waals surface area contributed by atoms with E-state index < -0.39 is 5.60 Å². The summed E-state index contributed by atoms with van der Waals surface area (Å²) >= 11 is 0. The van der Waals surface area contributed by atoms with E-state index in [9.17, 15) is 5.11 Å². The predicted octanol–water partition coefficient (Wildman–Crippen LogP) is 3.11. The van der Waals surface area contributed by atoms with Crippen molar-refractivity contribution in [2.45, 2.75) is 39.3 Å². The molecule has 7 heteroatoms. The van der Waals surface area contributed by atoms with Crippen molar-refractivity contribution in [2.75, 3.05) is 24.7 Å². The van der Waals surface area contributed by atoms with E-state index in [0.717, 1.165) is 40.2 Å². The first-order chi connectivity index (χ1) is 13.4. The third-order valence-electron chi connectivity index (χ3n) is 5.80. The summed E-state index contributed by atoms with van der Waals surface area (Å²) in [6.45, 7) is 10.2. The van der Waals surface area contributed by atoms with Crippen LogP contribution in [0.5, 0.6) is 0 Å². The number of hydrogen-bond donors (Lipinski definition) is 2. The fourth-order valence-corrected chi connectivity index (χ4v) is 3.67. The van der Waals surface area contributed by atoms with E-state index in [-0.39, 0.29) is 12.0 Å². The molecule has 7 nitrogen and oxygen atoms in total. The van der Waals surface area contributed by atoms with E-state index in [1.165, 1.54) is 0 Å². The molecule has 0 saturated carbocycles. The predicted molar refractivity (Wildman–Crippen MR) is 109 cm³/mol. The van der Waals surface area contributed by atoms with E-state index in [4.69, 9.17) is 9.72 Å². The van der Waals surface area contributed by atoms with Crippen LogP contribution in [0.2, 0.25) is 0 Å². The van der Waals surface area contributed by atoms with Crippen molar-refractivity contribution in [3.8, 4) is 11.4 Å². The molecule has 148 valence electrons. The first-order valence-electron chi connectivity index (χ1n) is 9.76. The molecule has 1 unspecified atom stereocenters. The molecule has 28 heavy (non-hydrogen) atoms. The number of hydrogen-bond acceptors (Lipinski definition) is 6. The molecule has 3 aromatic rings. The maximum Gasteiger partial charge on any atom is 0.130 e. The summed E-state index contributed by atoms with van der Waals surface area (Å²) in [5.74, 6) is 0.879. The molecule has 1 fully saturated rings. The number of nitrogens with zero attached hydrogens (tertiary/aromatic N) is 4. The molecule has 4 heterocycles. The van der Waals surface area contributed by atoms with Crippen molar-refractivity contribution < 1.29 is 9.84 Å². The van der Waals surface area contributed by atoms with Crippen LogP contribution >= 0.6 is 0 Å². The van der Waals surface area contributed by atoms with Crippen molar-refractivity contribution >= 4 is 16.7 Å². The van der Waals surface area contributed by atoms with Gasteiger partial charge in [0.05, 0.1) is 30.6 Å². The van der Waals surface area contributed by atoms with Crippen molar-refractivity contribution in [2.24, 2.45) is 5.92 Å². The average Bonchev–Trinajstić information content (AvgIpc) is 3.21. The summed E-state index contributed by atoms with van der Waals surface area (Å²) in [5, 5.41) is 19.3. The first kappa shape index (κ1) is 18.8. The molecule has 0 aromatic carbocycles. The highest BCUT2D eigenvalue weighted by Crippen LogP contribution is 2.38. The van der Waals surface area contributed by atoms with Crippen LogP contribution in [0.25, 0.3) is 22.3 Å². The monoisotopic (exact) mass is 381 g/mol. The third kappa shape index (κ3) is 3.14. The van der Waals surface area contributed by atoms with Gasteiger partial charge in [0.1, 0.15) is 17.0 Å². The molecule has 4 rings (SSSR count). The van der Waals surface area contributed by atoms with E-state index in [1.54, 1.807) is 12.4 Å². The summed E-state index contributed by atoms with van der Waals surface area (Å²) in [5.41, 5.74) is 2.17. The number of pyridine rings is 2. The Bertz CT molecular complexity index is 968. The van der Waals surface area contributed by atoms with E-state index >= 15 is 0 Å². The Balaban J connectivity index is 2.00. The molecule has 1 aliphatic rings. The van der Waals surface area contributed by atoms with Gasteiger partial charge < -0.3 is 14.7 Å². The second kappa shape index (κ2) is 7.14. The molecule has 0 bridgehead atoms. The lowest BCUT2D eigenvalue weighted by Crippen LogP contribution is -2.44. The Labute approximate surface area is 164 Å². The van der Waals surface area contributed by atoms with Gasteiger partial charge in [-0.2, -0.15) is 5.10 Å². The van der Waals surface area contributed by atoms with Crippen LogP contribution in [0.3, 0.4) is 0 Å². The Kier molecular flexibility index (Phi) is 4.81. The largest absolute Gasteiger partial charge is 0.385 e. The number of fused-ring (bicyclic) bond motifs is 1. The van der Waals surface area contributed by atoms with Crippen LogP contribution in [-0.4, -0.2) is 51.1 Å². The first-order valence-corrected chi connectivity index (χ1v) is 9.76. The van der Waals surface area contributed by atoms with Gasteiger partial charge in [0, 0.05) is 24.3 Å². The number of aromatic nitrogens is 4. The number of aliphatic hydroxyl groups is 1. The van der Waals surface area contributed by atoms with E-state index in [2.05, 4.69) is 27.0 Å². The topological polar surface area (TPSA) is 87.2 Å². The van der Waals surface area contributed by atoms with Gasteiger partial charge in [-0.3, -0.25) is 10.1 Å². The molecule has 1 saturated heterocycles. The van der Waals surface area contributed by atoms with Gasteiger partial charge in [-0.25, -0.2) is 4.98 Å². The van der Waals surface area contributed by atoms with Gasteiger partial charge in [0.15, 0.2) is 0 Å². The Morgan fingerprint density at radius 1 is 1.32 bits per heavy atom. The van der Waals surface area contributed by atoms with Gasteiger partial charge >= 0.3 is 0 Å². The van der Waals surface area contributed by atoms with Crippen molar-refractivity contribution in [3.63, 3.8) is 0 Å². The molecule has 0 amide bonds. The van der Waals surface area contributed by atoms with E-state index in [0.29, 0.717) is 13.2 Å². The molecule has 2 atom stereocenters. The Hall–Kier alpha value is -2.51. The van der Waals surface area contributed by atoms with Crippen LogP contribution in [0.4, 0.5) is 5.82 Å². The maximum absolute atomic E-state index is 11.4. The highest BCUT2D eigenvalue weighted by atomic mass is 16.5. The standard InChI is InChI=1S/C21H27N5O2/c1-13(2)21(4,27)16-11-18(26-9-10-28-12-14(26)3)24-19-15(16)5-7-22-20(19)17-6-8-23-25-17/h5-8,11,13-14,27H,9-10,12H2,1-4H3,(H,23,25)/t14-,21?/m1/s1. The number of nitrogens with one attached hydrogen (secondary N) is 1. The van der Waals surface area contributed by atoms with E-state index in [1.807, 2.05) is 39.0 Å². The summed E-state index contributed by atoms with van der Waals surface area (Å²) in [6.07, 6.45) is 3.46. The normalized spacial score (nSPS) is 19.9. The number of ether oxygens (including phenoxy) is 1.